The Morgan fingerprint density at radius 2 is 2.00 bits per heavy atom. The number of hydrogen-bond donors (Lipinski definition) is 5. The normalized spacial score (nSPS) is 23.7. The van der Waals surface area contributed by atoms with Crippen molar-refractivity contribution in [3.8, 4) is 0 Å². The van der Waals surface area contributed by atoms with Gasteiger partial charge in [-0.05, 0) is 5.56 Å². The van der Waals surface area contributed by atoms with E-state index in [1.54, 1.807) is 0 Å². The van der Waals surface area contributed by atoms with Gasteiger partial charge in [0.05, 0.1) is 32.3 Å². The van der Waals surface area contributed by atoms with Gasteiger partial charge in [0, 0.05) is 5.92 Å². The molecular formula is C18H22N5O8P. The number of fused-ring (bicyclic) bond motifs is 1. The molecule has 1 fully saturated rings. The monoisotopic (exact) mass is 467 g/mol. The maximum absolute atomic E-state index is 12.0. The molecule has 0 amide bonds. The summed E-state index contributed by atoms with van der Waals surface area (Å²) in [5.74, 6) is -0.840. The number of phosphoric acid groups is 1. The Balaban J connectivity index is 1.56. The quantitative estimate of drug-likeness (QED) is 0.278. The minimum absolute atomic E-state index is 0.00166. The fourth-order valence-electron chi connectivity index (χ4n) is 3.58. The molecule has 4 atom stereocenters. The van der Waals surface area contributed by atoms with Gasteiger partial charge in [-0.15, -0.1) is 0 Å². The summed E-state index contributed by atoms with van der Waals surface area (Å²) in [6.07, 6.45) is -1.90. The lowest BCUT2D eigenvalue weighted by atomic mass is 9.99. The van der Waals surface area contributed by atoms with E-state index in [1.807, 2.05) is 30.3 Å². The van der Waals surface area contributed by atoms with E-state index in [0.29, 0.717) is 0 Å². The summed E-state index contributed by atoms with van der Waals surface area (Å²) in [6, 6.07) is 9.36. The highest BCUT2D eigenvalue weighted by atomic mass is 31.2. The van der Waals surface area contributed by atoms with Gasteiger partial charge in [0.25, 0.3) is 5.56 Å². The molecular weight excluding hydrogens is 445 g/mol. The first kappa shape index (κ1) is 22.6. The van der Waals surface area contributed by atoms with E-state index in [4.69, 9.17) is 25.0 Å². The second kappa shape index (κ2) is 9.08. The fourth-order valence-corrected chi connectivity index (χ4v) is 3.92. The number of aliphatic hydroxyl groups excluding tert-OH is 1. The third kappa shape index (κ3) is 4.89. The predicted molar refractivity (Wildman–Crippen MR) is 110 cm³/mol. The number of nitrogens with zero attached hydrogens (tertiary/aromatic N) is 3. The number of aromatic amines is 1. The van der Waals surface area contributed by atoms with Gasteiger partial charge >= 0.3 is 7.82 Å². The molecule has 14 heteroatoms. The van der Waals surface area contributed by atoms with E-state index in [0.717, 1.165) is 5.56 Å². The Morgan fingerprint density at radius 1 is 1.25 bits per heavy atom. The van der Waals surface area contributed by atoms with Crippen LogP contribution in [0.2, 0.25) is 0 Å². The molecule has 1 aromatic carbocycles. The van der Waals surface area contributed by atoms with Crippen LogP contribution in [0.15, 0.2) is 41.5 Å². The van der Waals surface area contributed by atoms with Crippen molar-refractivity contribution in [3.05, 3.63) is 52.6 Å². The number of ether oxygens (including phenoxy) is 2. The van der Waals surface area contributed by atoms with E-state index in [9.17, 15) is 14.5 Å². The molecule has 0 aliphatic carbocycles. The number of anilines is 1. The van der Waals surface area contributed by atoms with Crippen LogP contribution in [0.3, 0.4) is 0 Å². The molecule has 13 nitrogen and oxygen atoms in total. The predicted octanol–water partition coefficient (Wildman–Crippen LogP) is -0.0976. The molecule has 172 valence electrons. The first-order valence-electron chi connectivity index (χ1n) is 9.60. The van der Waals surface area contributed by atoms with E-state index in [-0.39, 0.29) is 30.3 Å². The van der Waals surface area contributed by atoms with E-state index in [2.05, 4.69) is 19.5 Å². The topological polar surface area (TPSA) is 195 Å². The number of aromatic nitrogens is 4. The van der Waals surface area contributed by atoms with Crippen molar-refractivity contribution in [2.24, 2.45) is 5.92 Å². The van der Waals surface area contributed by atoms with E-state index in [1.165, 1.54) is 10.9 Å². The van der Waals surface area contributed by atoms with Gasteiger partial charge in [0.1, 0.15) is 6.10 Å². The zero-order chi connectivity index (χ0) is 22.9. The third-order valence-corrected chi connectivity index (χ3v) is 5.56. The standard InChI is InChI=1S/C18H22N5O8P/c19-18-21-15-13(16(25)22-18)20-9-23(15)17-14(24)11(12(31-17)8-30-32(26,27)28)7-29-6-10-4-2-1-3-5-10/h1-5,9,11-12,14,17,24H,6-8H2,(H2,26,27,28)(H3,19,21,22,25)/t11-,12-,14-,17-/m1/s1. The lowest BCUT2D eigenvalue weighted by molar-refractivity contribution is -0.0496. The van der Waals surface area contributed by atoms with Crippen LogP contribution in [0.1, 0.15) is 11.8 Å². The molecule has 3 aromatic rings. The van der Waals surface area contributed by atoms with Crippen LogP contribution < -0.4 is 11.3 Å². The number of benzene rings is 1. The maximum Gasteiger partial charge on any atom is 0.469 e. The van der Waals surface area contributed by atoms with Crippen LogP contribution in [0.25, 0.3) is 11.2 Å². The summed E-state index contributed by atoms with van der Waals surface area (Å²) in [6.45, 7) is -0.202. The Morgan fingerprint density at radius 3 is 2.72 bits per heavy atom. The van der Waals surface area contributed by atoms with Crippen molar-refractivity contribution in [2.75, 3.05) is 18.9 Å². The number of hydrogen-bond acceptors (Lipinski definition) is 9. The first-order valence-corrected chi connectivity index (χ1v) is 11.1. The molecule has 0 spiro atoms. The summed E-state index contributed by atoms with van der Waals surface area (Å²) in [5, 5.41) is 11.0. The largest absolute Gasteiger partial charge is 0.469 e. The van der Waals surface area contributed by atoms with Gasteiger partial charge in [-0.1, -0.05) is 30.3 Å². The van der Waals surface area contributed by atoms with Crippen molar-refractivity contribution in [2.45, 2.75) is 25.0 Å². The molecule has 2 aromatic heterocycles. The molecule has 0 bridgehead atoms. The van der Waals surface area contributed by atoms with E-state index >= 15 is 0 Å². The van der Waals surface area contributed by atoms with Gasteiger partial charge in [-0.25, -0.2) is 9.55 Å². The minimum Gasteiger partial charge on any atom is -0.388 e. The summed E-state index contributed by atoms with van der Waals surface area (Å²) < 4.78 is 28.7. The molecule has 6 N–H and O–H groups in total. The number of rotatable bonds is 8. The first-order chi connectivity index (χ1) is 15.2. The van der Waals surface area contributed by atoms with Crippen LogP contribution >= 0.6 is 7.82 Å². The number of nitrogens with two attached hydrogens (primary N) is 1. The molecule has 1 saturated heterocycles. The average Bonchev–Trinajstić information content (AvgIpc) is 3.28. The Bertz CT molecular complexity index is 1180. The van der Waals surface area contributed by atoms with Crippen molar-refractivity contribution < 1.29 is 33.5 Å². The van der Waals surface area contributed by atoms with Crippen LogP contribution in [0.5, 0.6) is 0 Å². The maximum atomic E-state index is 12.0. The molecule has 0 saturated carbocycles. The Labute approximate surface area is 181 Å². The van der Waals surface area contributed by atoms with Crippen LogP contribution in [0, 0.1) is 5.92 Å². The van der Waals surface area contributed by atoms with Crippen molar-refractivity contribution >= 4 is 24.9 Å². The summed E-state index contributed by atoms with van der Waals surface area (Å²) >= 11 is 0. The van der Waals surface area contributed by atoms with Gasteiger partial charge in [0.2, 0.25) is 5.95 Å². The van der Waals surface area contributed by atoms with Gasteiger partial charge in [-0.2, -0.15) is 4.98 Å². The number of phosphoric ester groups is 1. The molecule has 1 aliphatic heterocycles. The molecule has 0 unspecified atom stereocenters. The number of imidazole rings is 1. The zero-order valence-electron chi connectivity index (χ0n) is 16.6. The third-order valence-electron chi connectivity index (χ3n) is 5.08. The van der Waals surface area contributed by atoms with Crippen LogP contribution in [-0.4, -0.2) is 59.8 Å². The lowest BCUT2D eigenvalue weighted by Crippen LogP contribution is -2.32. The molecule has 0 radical (unpaired) electrons. The van der Waals surface area contributed by atoms with Gasteiger partial charge in [0.15, 0.2) is 17.4 Å². The minimum atomic E-state index is -4.77. The summed E-state index contributed by atoms with van der Waals surface area (Å²) in [5.41, 5.74) is 6.08. The van der Waals surface area contributed by atoms with Gasteiger partial charge in [-0.3, -0.25) is 18.9 Å². The average molecular weight is 467 g/mol. The number of aliphatic hydroxyl groups is 1. The number of nitrogens with one attached hydrogen (secondary N) is 1. The number of H-pyrrole nitrogens is 1. The fraction of sp³-hybridized carbons (Fsp3) is 0.389. The molecule has 3 heterocycles. The molecule has 32 heavy (non-hydrogen) atoms. The summed E-state index contributed by atoms with van der Waals surface area (Å²) in [4.78, 5) is 40.6. The second-order valence-electron chi connectivity index (χ2n) is 7.28. The smallest absolute Gasteiger partial charge is 0.388 e. The van der Waals surface area contributed by atoms with Gasteiger partial charge < -0.3 is 30.1 Å². The highest BCUT2D eigenvalue weighted by molar-refractivity contribution is 7.46. The summed E-state index contributed by atoms with van der Waals surface area (Å²) in [7, 11) is -4.77. The SMILES string of the molecule is Nc1nc2c(ncn2[C@@H]2O[C@H](COP(=O)(O)O)[C@@H](COCc3ccccc3)[C@H]2O)c(=O)[nH]1. The van der Waals surface area contributed by atoms with E-state index < -0.39 is 44.3 Å². The van der Waals surface area contributed by atoms with Crippen molar-refractivity contribution in [1.82, 2.24) is 19.5 Å². The Kier molecular flexibility index (Phi) is 6.40. The Hall–Kier alpha value is -2.64. The van der Waals surface area contributed by atoms with Crippen molar-refractivity contribution in [3.63, 3.8) is 0 Å². The van der Waals surface area contributed by atoms with Crippen LogP contribution in [-0.2, 0) is 25.2 Å². The van der Waals surface area contributed by atoms with Crippen molar-refractivity contribution in [1.29, 1.82) is 0 Å². The van der Waals surface area contributed by atoms with Crippen LogP contribution in [0.4, 0.5) is 5.95 Å². The highest BCUT2D eigenvalue weighted by Gasteiger charge is 2.46. The number of nitrogen functional groups attached to an aromatic ring is 1. The molecule has 1 aliphatic rings. The second-order valence-corrected chi connectivity index (χ2v) is 8.52. The lowest BCUT2D eigenvalue weighted by Gasteiger charge is -2.20. The zero-order valence-corrected chi connectivity index (χ0v) is 17.5. The molecule has 4 rings (SSSR count). The highest BCUT2D eigenvalue weighted by Crippen LogP contribution is 2.40.